The second-order valence-electron chi connectivity index (χ2n) is 3.74. The maximum Gasteiger partial charge on any atom is 0.273 e. The molecule has 0 saturated heterocycles. The smallest absolute Gasteiger partial charge is 0.273 e. The number of aryl methyl sites for hydroxylation is 1. The fourth-order valence-corrected chi connectivity index (χ4v) is 2.50. The van der Waals surface area contributed by atoms with E-state index in [9.17, 15) is 4.79 Å². The van der Waals surface area contributed by atoms with Crippen molar-refractivity contribution < 1.29 is 0 Å². The Balaban J connectivity index is 2.65. The highest BCUT2D eigenvalue weighted by molar-refractivity contribution is 9.10. The molecule has 2 N–H and O–H groups in total. The van der Waals surface area contributed by atoms with Crippen LogP contribution in [0.1, 0.15) is 5.56 Å². The Kier molecular flexibility index (Phi) is 1.91. The molecule has 0 radical (unpaired) electrons. The normalized spacial score (nSPS) is 11.4. The van der Waals surface area contributed by atoms with Crippen LogP contribution in [0.25, 0.3) is 21.8 Å². The molecule has 5 heteroatoms. The average Bonchev–Trinajstić information content (AvgIpc) is 2.60. The average molecular weight is 278 g/mol. The lowest BCUT2D eigenvalue weighted by molar-refractivity contribution is 1.08. The van der Waals surface area contributed by atoms with Crippen LogP contribution in [0.5, 0.6) is 0 Å². The van der Waals surface area contributed by atoms with Gasteiger partial charge in [-0.1, -0.05) is 15.9 Å². The number of benzene rings is 1. The molecule has 0 fully saturated rings. The first-order valence-corrected chi connectivity index (χ1v) is 5.61. The minimum atomic E-state index is -0.137. The summed E-state index contributed by atoms with van der Waals surface area (Å²) in [5.74, 6) is 0. The van der Waals surface area contributed by atoms with Gasteiger partial charge in [-0.25, -0.2) is 0 Å². The first-order chi connectivity index (χ1) is 7.66. The molecule has 1 aromatic carbocycles. The number of halogens is 1. The fourth-order valence-electron chi connectivity index (χ4n) is 1.93. The van der Waals surface area contributed by atoms with E-state index in [1.165, 1.54) is 0 Å². The van der Waals surface area contributed by atoms with E-state index in [1.54, 1.807) is 6.20 Å². The Morgan fingerprint density at radius 1 is 1.25 bits per heavy atom. The molecule has 0 bridgehead atoms. The standard InChI is InChI=1S/C11H8BrN3O/c1-5-2-6(12)3-7-9(5)13-4-8-10(7)14-15-11(8)16/h2-4H,1H3,(H2,14,15,16). The molecule has 3 aromatic rings. The molecule has 80 valence electrons. The number of hydrogen-bond acceptors (Lipinski definition) is 2. The van der Waals surface area contributed by atoms with Gasteiger partial charge in [-0.05, 0) is 24.6 Å². The zero-order valence-corrected chi connectivity index (χ0v) is 10.1. The monoisotopic (exact) mass is 277 g/mol. The minimum Gasteiger partial charge on any atom is -0.297 e. The van der Waals surface area contributed by atoms with Gasteiger partial charge < -0.3 is 0 Å². The lowest BCUT2D eigenvalue weighted by Crippen LogP contribution is -1.97. The predicted molar refractivity (Wildman–Crippen MR) is 66.7 cm³/mol. The number of nitrogens with zero attached hydrogens (tertiary/aromatic N) is 1. The van der Waals surface area contributed by atoms with Crippen LogP contribution in [-0.4, -0.2) is 15.2 Å². The maximum atomic E-state index is 11.5. The number of hydrogen-bond donors (Lipinski definition) is 2. The molecular weight excluding hydrogens is 270 g/mol. The summed E-state index contributed by atoms with van der Waals surface area (Å²) in [6.45, 7) is 2.00. The SMILES string of the molecule is Cc1cc(Br)cc2c1ncc1c(=O)[nH][nH]c12. The molecule has 3 rings (SSSR count). The summed E-state index contributed by atoms with van der Waals surface area (Å²) >= 11 is 3.45. The molecule has 0 aliphatic heterocycles. The van der Waals surface area contributed by atoms with Gasteiger partial charge in [0.25, 0.3) is 5.56 Å². The van der Waals surface area contributed by atoms with Crippen LogP contribution in [-0.2, 0) is 0 Å². The van der Waals surface area contributed by atoms with E-state index in [0.717, 1.165) is 26.5 Å². The van der Waals surface area contributed by atoms with Crippen molar-refractivity contribution in [3.8, 4) is 0 Å². The second kappa shape index (κ2) is 3.18. The van der Waals surface area contributed by atoms with Crippen LogP contribution >= 0.6 is 15.9 Å². The predicted octanol–water partition coefficient (Wildman–Crippen LogP) is 2.48. The molecule has 2 heterocycles. The van der Waals surface area contributed by atoms with Crippen LogP contribution in [0.4, 0.5) is 0 Å². The Morgan fingerprint density at radius 2 is 2.06 bits per heavy atom. The van der Waals surface area contributed by atoms with Gasteiger partial charge in [0, 0.05) is 16.1 Å². The van der Waals surface area contributed by atoms with E-state index >= 15 is 0 Å². The number of nitrogens with one attached hydrogen (secondary N) is 2. The first kappa shape index (κ1) is 9.59. The van der Waals surface area contributed by atoms with E-state index in [0.29, 0.717) is 5.39 Å². The quantitative estimate of drug-likeness (QED) is 0.663. The zero-order valence-electron chi connectivity index (χ0n) is 8.47. The van der Waals surface area contributed by atoms with Crippen molar-refractivity contribution in [1.29, 1.82) is 0 Å². The van der Waals surface area contributed by atoms with Crippen LogP contribution in [0.15, 0.2) is 27.6 Å². The van der Waals surface area contributed by atoms with Gasteiger partial charge in [0.05, 0.1) is 16.4 Å². The summed E-state index contributed by atoms with van der Waals surface area (Å²) in [5, 5.41) is 6.99. The fraction of sp³-hybridized carbons (Fsp3) is 0.0909. The van der Waals surface area contributed by atoms with Gasteiger partial charge in [0.1, 0.15) is 0 Å². The van der Waals surface area contributed by atoms with Crippen molar-refractivity contribution in [3.05, 3.63) is 38.7 Å². The highest BCUT2D eigenvalue weighted by Crippen LogP contribution is 2.26. The largest absolute Gasteiger partial charge is 0.297 e. The Labute approximate surface area is 98.8 Å². The van der Waals surface area contributed by atoms with Gasteiger partial charge >= 0.3 is 0 Å². The van der Waals surface area contributed by atoms with E-state index in [-0.39, 0.29) is 5.56 Å². The molecule has 0 aliphatic carbocycles. The highest BCUT2D eigenvalue weighted by Gasteiger charge is 2.08. The third kappa shape index (κ3) is 1.21. The van der Waals surface area contributed by atoms with E-state index in [2.05, 4.69) is 31.1 Å². The van der Waals surface area contributed by atoms with Gasteiger partial charge in [-0.15, -0.1) is 0 Å². The van der Waals surface area contributed by atoms with Crippen molar-refractivity contribution in [2.24, 2.45) is 0 Å². The van der Waals surface area contributed by atoms with E-state index in [4.69, 9.17) is 0 Å². The summed E-state index contributed by atoms with van der Waals surface area (Å²) in [5.41, 5.74) is 2.65. The third-order valence-electron chi connectivity index (χ3n) is 2.67. The third-order valence-corrected chi connectivity index (χ3v) is 3.13. The molecule has 4 nitrogen and oxygen atoms in total. The lowest BCUT2D eigenvalue weighted by atomic mass is 10.1. The summed E-state index contributed by atoms with van der Waals surface area (Å²) < 4.78 is 0.980. The summed E-state index contributed by atoms with van der Waals surface area (Å²) in [6, 6.07) is 3.97. The molecular formula is C11H8BrN3O. The van der Waals surface area contributed by atoms with E-state index in [1.807, 2.05) is 19.1 Å². The molecule has 0 atom stereocenters. The van der Waals surface area contributed by atoms with Gasteiger partial charge in [0.2, 0.25) is 0 Å². The Hall–Kier alpha value is -1.62. The number of H-pyrrole nitrogens is 2. The van der Waals surface area contributed by atoms with Crippen molar-refractivity contribution in [2.75, 3.05) is 0 Å². The number of aromatic nitrogens is 3. The van der Waals surface area contributed by atoms with E-state index < -0.39 is 0 Å². The highest BCUT2D eigenvalue weighted by atomic mass is 79.9. The Morgan fingerprint density at radius 3 is 2.88 bits per heavy atom. The van der Waals surface area contributed by atoms with Crippen LogP contribution in [0.3, 0.4) is 0 Å². The zero-order chi connectivity index (χ0) is 11.3. The summed E-state index contributed by atoms with van der Waals surface area (Å²) in [4.78, 5) is 15.8. The number of aromatic amines is 2. The van der Waals surface area contributed by atoms with Crippen LogP contribution in [0.2, 0.25) is 0 Å². The van der Waals surface area contributed by atoms with Crippen LogP contribution in [0, 0.1) is 6.92 Å². The van der Waals surface area contributed by atoms with Crippen LogP contribution < -0.4 is 5.56 Å². The molecule has 0 saturated carbocycles. The first-order valence-electron chi connectivity index (χ1n) is 4.82. The molecule has 0 aliphatic rings. The Bertz CT molecular complexity index is 757. The molecule has 0 unspecified atom stereocenters. The number of rotatable bonds is 0. The second-order valence-corrected chi connectivity index (χ2v) is 4.66. The number of pyridine rings is 1. The topological polar surface area (TPSA) is 61.5 Å². The van der Waals surface area contributed by atoms with Crippen molar-refractivity contribution in [1.82, 2.24) is 15.2 Å². The molecule has 16 heavy (non-hydrogen) atoms. The minimum absolute atomic E-state index is 0.137. The lowest BCUT2D eigenvalue weighted by Gasteiger charge is -2.02. The van der Waals surface area contributed by atoms with Gasteiger partial charge in [0.15, 0.2) is 0 Å². The molecule has 2 aromatic heterocycles. The summed E-state index contributed by atoms with van der Waals surface area (Å²) in [7, 11) is 0. The number of fused-ring (bicyclic) bond motifs is 3. The van der Waals surface area contributed by atoms with Crippen molar-refractivity contribution >= 4 is 37.7 Å². The van der Waals surface area contributed by atoms with Crippen molar-refractivity contribution in [2.45, 2.75) is 6.92 Å². The molecule has 0 amide bonds. The van der Waals surface area contributed by atoms with Gasteiger partial charge in [-0.2, -0.15) is 0 Å². The summed E-state index contributed by atoms with van der Waals surface area (Å²) in [6.07, 6.45) is 1.61. The maximum absolute atomic E-state index is 11.5. The molecule has 0 spiro atoms. The van der Waals surface area contributed by atoms with Gasteiger partial charge in [-0.3, -0.25) is 20.0 Å². The van der Waals surface area contributed by atoms with Crippen molar-refractivity contribution in [3.63, 3.8) is 0 Å².